The molecule has 0 aromatic heterocycles. The number of aryl methyl sites for hydroxylation is 1. The molecule has 2 saturated heterocycles. The first-order valence-corrected chi connectivity index (χ1v) is 11.3. The first-order valence-electron chi connectivity index (χ1n) is 11.3. The summed E-state index contributed by atoms with van der Waals surface area (Å²) in [6.45, 7) is 2.02. The van der Waals surface area contributed by atoms with Crippen LogP contribution in [0.25, 0.3) is 0 Å². The van der Waals surface area contributed by atoms with Crippen LogP contribution in [0, 0.1) is 17.8 Å². The van der Waals surface area contributed by atoms with E-state index in [0.29, 0.717) is 30.0 Å². The summed E-state index contributed by atoms with van der Waals surface area (Å²) in [5, 5.41) is 3.75. The Morgan fingerprint density at radius 2 is 1.89 bits per heavy atom. The average molecular weight is 384 g/mol. The maximum absolute atomic E-state index is 12.2. The highest BCUT2D eigenvalue weighted by Gasteiger charge is 2.41. The molecule has 6 atom stereocenters. The van der Waals surface area contributed by atoms with Gasteiger partial charge < -0.3 is 14.8 Å². The lowest BCUT2D eigenvalue weighted by Gasteiger charge is -2.37. The van der Waals surface area contributed by atoms with Crippen LogP contribution < -0.4 is 10.1 Å². The standard InChI is InChI=1S/C24H33NO3/c1-14(24(26)27-2)23(16-4-5-16)17-6-3-15-7-10-21(28-22(15)13-17)18-11-19-8-9-20(12-18)25-19/h3,6,13-14,16,18-21,23,25H,4-5,7-12H2,1-2H3/t14-,18-,19+,20-,21-,23+/m1/s1. The molecule has 3 fully saturated rings. The second kappa shape index (κ2) is 7.37. The van der Waals surface area contributed by atoms with Crippen LogP contribution in [0.1, 0.15) is 68.9 Å². The number of benzene rings is 1. The molecule has 1 aliphatic carbocycles. The molecule has 4 heteroatoms. The van der Waals surface area contributed by atoms with Crippen molar-refractivity contribution in [3.8, 4) is 5.75 Å². The Kier molecular flexibility index (Phi) is 4.86. The van der Waals surface area contributed by atoms with Crippen LogP contribution in [0.5, 0.6) is 5.75 Å². The highest BCUT2D eigenvalue weighted by atomic mass is 16.5. The molecular weight excluding hydrogens is 350 g/mol. The monoisotopic (exact) mass is 383 g/mol. The highest BCUT2D eigenvalue weighted by molar-refractivity contribution is 5.73. The number of fused-ring (bicyclic) bond motifs is 3. The van der Waals surface area contributed by atoms with Crippen molar-refractivity contribution in [2.45, 2.75) is 82.4 Å². The van der Waals surface area contributed by atoms with Gasteiger partial charge in [0, 0.05) is 12.1 Å². The normalized spacial score (nSPS) is 33.5. The van der Waals surface area contributed by atoms with Crippen LogP contribution >= 0.6 is 0 Å². The van der Waals surface area contributed by atoms with Crippen molar-refractivity contribution in [3.05, 3.63) is 29.3 Å². The highest BCUT2D eigenvalue weighted by Crippen LogP contribution is 2.48. The van der Waals surface area contributed by atoms with Gasteiger partial charge in [0.05, 0.1) is 13.0 Å². The molecule has 3 heterocycles. The number of carbonyl (C=O) groups excluding carboxylic acids is 1. The van der Waals surface area contributed by atoms with Gasteiger partial charge in [-0.25, -0.2) is 0 Å². The number of carbonyl (C=O) groups is 1. The third-order valence-corrected chi connectivity index (χ3v) is 7.73. The molecule has 1 N–H and O–H groups in total. The second-order valence-corrected chi connectivity index (χ2v) is 9.61. The molecule has 152 valence electrons. The molecule has 28 heavy (non-hydrogen) atoms. The maximum atomic E-state index is 12.2. The van der Waals surface area contributed by atoms with E-state index in [1.165, 1.54) is 56.8 Å². The molecule has 5 rings (SSSR count). The van der Waals surface area contributed by atoms with E-state index in [-0.39, 0.29) is 17.8 Å². The van der Waals surface area contributed by atoms with E-state index in [9.17, 15) is 4.79 Å². The summed E-state index contributed by atoms with van der Waals surface area (Å²) >= 11 is 0. The van der Waals surface area contributed by atoms with E-state index >= 15 is 0 Å². The summed E-state index contributed by atoms with van der Waals surface area (Å²) in [5.74, 6) is 2.41. The van der Waals surface area contributed by atoms with E-state index in [0.717, 1.165) is 18.6 Å². The zero-order chi connectivity index (χ0) is 19.3. The summed E-state index contributed by atoms with van der Waals surface area (Å²) in [7, 11) is 1.50. The van der Waals surface area contributed by atoms with Crippen molar-refractivity contribution in [1.29, 1.82) is 0 Å². The third kappa shape index (κ3) is 3.45. The van der Waals surface area contributed by atoms with Crippen LogP contribution in [0.2, 0.25) is 0 Å². The van der Waals surface area contributed by atoms with Crippen molar-refractivity contribution in [2.75, 3.05) is 7.11 Å². The fourth-order valence-electron chi connectivity index (χ4n) is 6.11. The van der Waals surface area contributed by atoms with Gasteiger partial charge in [-0.2, -0.15) is 0 Å². The molecule has 4 aliphatic rings. The Balaban J connectivity index is 1.35. The zero-order valence-corrected chi connectivity index (χ0v) is 17.2. The molecule has 0 amide bonds. The topological polar surface area (TPSA) is 47.6 Å². The van der Waals surface area contributed by atoms with Gasteiger partial charge in [-0.3, -0.25) is 4.79 Å². The van der Waals surface area contributed by atoms with Gasteiger partial charge in [0.15, 0.2) is 0 Å². The van der Waals surface area contributed by atoms with Crippen molar-refractivity contribution in [2.24, 2.45) is 17.8 Å². The van der Waals surface area contributed by atoms with Crippen LogP contribution in [0.15, 0.2) is 18.2 Å². The maximum Gasteiger partial charge on any atom is 0.309 e. The Hall–Kier alpha value is -1.55. The van der Waals surface area contributed by atoms with E-state index in [1.54, 1.807) is 0 Å². The molecule has 0 unspecified atom stereocenters. The number of hydrogen-bond acceptors (Lipinski definition) is 4. The number of esters is 1. The number of methoxy groups -OCH3 is 1. The number of ether oxygens (including phenoxy) is 2. The second-order valence-electron chi connectivity index (χ2n) is 9.61. The fourth-order valence-corrected chi connectivity index (χ4v) is 6.11. The third-order valence-electron chi connectivity index (χ3n) is 7.73. The largest absolute Gasteiger partial charge is 0.490 e. The molecule has 0 radical (unpaired) electrons. The van der Waals surface area contributed by atoms with Gasteiger partial charge >= 0.3 is 5.97 Å². The van der Waals surface area contributed by atoms with E-state index in [2.05, 4.69) is 23.5 Å². The van der Waals surface area contributed by atoms with Crippen molar-refractivity contribution in [1.82, 2.24) is 5.32 Å². The van der Waals surface area contributed by atoms with E-state index in [4.69, 9.17) is 9.47 Å². The molecule has 2 bridgehead atoms. The summed E-state index contributed by atoms with van der Waals surface area (Å²) in [6, 6.07) is 8.14. The van der Waals surface area contributed by atoms with Crippen LogP contribution in [-0.2, 0) is 16.0 Å². The minimum atomic E-state index is -0.102. The van der Waals surface area contributed by atoms with Crippen molar-refractivity contribution in [3.63, 3.8) is 0 Å². The van der Waals surface area contributed by atoms with Crippen LogP contribution in [-0.4, -0.2) is 31.3 Å². The molecule has 1 aromatic rings. The zero-order valence-electron chi connectivity index (χ0n) is 17.2. The Morgan fingerprint density at radius 3 is 2.57 bits per heavy atom. The summed E-state index contributed by atoms with van der Waals surface area (Å²) in [4.78, 5) is 12.2. The van der Waals surface area contributed by atoms with Gasteiger partial charge in [-0.15, -0.1) is 0 Å². The van der Waals surface area contributed by atoms with Crippen molar-refractivity contribution >= 4 is 5.97 Å². The average Bonchev–Trinajstić information content (AvgIpc) is 3.50. The van der Waals surface area contributed by atoms with Crippen LogP contribution in [0.4, 0.5) is 0 Å². The Labute approximate surface area is 168 Å². The van der Waals surface area contributed by atoms with Crippen molar-refractivity contribution < 1.29 is 14.3 Å². The summed E-state index contributed by atoms with van der Waals surface area (Å²) in [5.41, 5.74) is 2.59. The number of rotatable bonds is 5. The van der Waals surface area contributed by atoms with Gasteiger partial charge in [-0.1, -0.05) is 19.1 Å². The van der Waals surface area contributed by atoms with Gasteiger partial charge in [-0.05, 0) is 86.3 Å². The Bertz CT molecular complexity index is 731. The molecule has 0 spiro atoms. The smallest absolute Gasteiger partial charge is 0.309 e. The fraction of sp³-hybridized carbons (Fsp3) is 0.708. The lowest BCUT2D eigenvalue weighted by Crippen LogP contribution is -2.44. The quantitative estimate of drug-likeness (QED) is 0.774. The van der Waals surface area contributed by atoms with E-state index < -0.39 is 0 Å². The number of piperidine rings is 1. The minimum Gasteiger partial charge on any atom is -0.490 e. The molecule has 1 saturated carbocycles. The molecule has 1 aromatic carbocycles. The van der Waals surface area contributed by atoms with Gasteiger partial charge in [0.2, 0.25) is 0 Å². The minimum absolute atomic E-state index is 0.0985. The summed E-state index contributed by atoms with van der Waals surface area (Å²) in [6.07, 6.45) is 10.2. The van der Waals surface area contributed by atoms with Crippen LogP contribution in [0.3, 0.4) is 0 Å². The lowest BCUT2D eigenvalue weighted by atomic mass is 9.81. The lowest BCUT2D eigenvalue weighted by molar-refractivity contribution is -0.145. The first-order chi connectivity index (χ1) is 13.6. The van der Waals surface area contributed by atoms with Gasteiger partial charge in [0.1, 0.15) is 11.9 Å². The summed E-state index contributed by atoms with van der Waals surface area (Å²) < 4.78 is 11.7. The first kappa shape index (κ1) is 18.5. The number of nitrogens with one attached hydrogen (secondary N) is 1. The predicted molar refractivity (Wildman–Crippen MR) is 108 cm³/mol. The van der Waals surface area contributed by atoms with Gasteiger partial charge in [0.25, 0.3) is 0 Å². The van der Waals surface area contributed by atoms with E-state index in [1.807, 2.05) is 6.92 Å². The molecule has 3 aliphatic heterocycles. The molecule has 4 nitrogen and oxygen atoms in total. The molecular formula is C24H33NO3. The Morgan fingerprint density at radius 1 is 1.14 bits per heavy atom. The number of hydrogen-bond donors (Lipinski definition) is 1. The SMILES string of the molecule is COC(=O)[C@H](C)[C@H](c1ccc2c(c1)O[C@@H]([C@H]1C[C@H]3CC[C@@H](C1)N3)CC2)C1CC1. The predicted octanol–water partition coefficient (Wildman–Crippen LogP) is 4.21.